The number of carbonyl (C=O) groups excluding carboxylic acids is 1. The second kappa shape index (κ2) is 7.41. The molecule has 0 heterocycles. The van der Waals surface area contributed by atoms with Crippen LogP contribution in [-0.2, 0) is 6.61 Å². The second-order valence-corrected chi connectivity index (χ2v) is 5.15. The van der Waals surface area contributed by atoms with Gasteiger partial charge in [0, 0.05) is 16.9 Å². The summed E-state index contributed by atoms with van der Waals surface area (Å²) in [5.41, 5.74) is 1.33. The van der Waals surface area contributed by atoms with Gasteiger partial charge in [-0.15, -0.1) is 0 Å². The van der Waals surface area contributed by atoms with Crippen LogP contribution in [-0.4, -0.2) is 40.3 Å². The van der Waals surface area contributed by atoms with E-state index in [0.29, 0.717) is 5.56 Å². The molecule has 5 heteroatoms. The molecule has 0 aliphatic carbocycles. The molecule has 0 fully saturated rings. The van der Waals surface area contributed by atoms with Gasteiger partial charge in [0.05, 0.1) is 13.2 Å². The number of benzene rings is 1. The molecule has 0 spiro atoms. The molecule has 3 N–H and O–H groups in total. The maximum absolute atomic E-state index is 11.9. The van der Waals surface area contributed by atoms with Crippen LogP contribution in [0.1, 0.15) is 22.8 Å². The van der Waals surface area contributed by atoms with Crippen LogP contribution in [0.5, 0.6) is 0 Å². The van der Waals surface area contributed by atoms with Crippen LogP contribution in [0.15, 0.2) is 24.3 Å². The van der Waals surface area contributed by atoms with Crippen molar-refractivity contribution in [3.8, 4) is 0 Å². The summed E-state index contributed by atoms with van der Waals surface area (Å²) < 4.78 is 0. The average molecular weight is 269 g/mol. The Hall–Kier alpha value is -1.04. The Morgan fingerprint density at radius 1 is 1.33 bits per heavy atom. The lowest BCUT2D eigenvalue weighted by Crippen LogP contribution is -2.41. The van der Waals surface area contributed by atoms with Crippen molar-refractivity contribution >= 4 is 17.7 Å². The van der Waals surface area contributed by atoms with Crippen LogP contribution < -0.4 is 5.32 Å². The lowest BCUT2D eigenvalue weighted by atomic mass is 10.1. The van der Waals surface area contributed by atoms with E-state index in [9.17, 15) is 4.79 Å². The number of aliphatic hydroxyl groups excluding tert-OH is 2. The fourth-order valence-electron chi connectivity index (χ4n) is 1.58. The zero-order valence-electron chi connectivity index (χ0n) is 10.6. The number of carbonyl (C=O) groups is 1. The first-order valence-electron chi connectivity index (χ1n) is 5.76. The largest absolute Gasteiger partial charge is 0.395 e. The Morgan fingerprint density at radius 3 is 2.39 bits per heavy atom. The van der Waals surface area contributed by atoms with E-state index in [2.05, 4.69) is 5.32 Å². The molecular formula is C13H19NO3S. The summed E-state index contributed by atoms with van der Waals surface area (Å²) in [7, 11) is 0. The fourth-order valence-corrected chi connectivity index (χ4v) is 2.21. The molecule has 0 aliphatic heterocycles. The fraction of sp³-hybridized carbons (Fsp3) is 0.462. The zero-order chi connectivity index (χ0) is 13.5. The van der Waals surface area contributed by atoms with Crippen molar-refractivity contribution < 1.29 is 15.0 Å². The Morgan fingerprint density at radius 2 is 1.94 bits per heavy atom. The molecule has 1 aromatic carbocycles. The van der Waals surface area contributed by atoms with Crippen molar-refractivity contribution in [1.82, 2.24) is 5.32 Å². The molecule has 2 atom stereocenters. The van der Waals surface area contributed by atoms with Gasteiger partial charge >= 0.3 is 0 Å². The monoisotopic (exact) mass is 269 g/mol. The van der Waals surface area contributed by atoms with E-state index in [1.54, 1.807) is 24.3 Å². The summed E-state index contributed by atoms with van der Waals surface area (Å²) in [6, 6.07) is 6.70. The molecule has 0 bridgehead atoms. The molecule has 0 radical (unpaired) electrons. The molecule has 1 rings (SSSR count). The maximum Gasteiger partial charge on any atom is 0.251 e. The number of hydrogen-bond donors (Lipinski definition) is 3. The van der Waals surface area contributed by atoms with Crippen LogP contribution in [0.25, 0.3) is 0 Å². The molecule has 0 saturated carbocycles. The highest BCUT2D eigenvalue weighted by Crippen LogP contribution is 2.11. The molecule has 0 saturated heterocycles. The van der Waals surface area contributed by atoms with E-state index in [1.807, 2.05) is 13.2 Å². The summed E-state index contributed by atoms with van der Waals surface area (Å²) in [6.07, 6.45) is 1.90. The van der Waals surface area contributed by atoms with E-state index in [0.717, 1.165) is 5.56 Å². The smallest absolute Gasteiger partial charge is 0.251 e. The average Bonchev–Trinajstić information content (AvgIpc) is 2.40. The third-order valence-electron chi connectivity index (χ3n) is 2.80. The van der Waals surface area contributed by atoms with Gasteiger partial charge in [0.15, 0.2) is 0 Å². The van der Waals surface area contributed by atoms with Gasteiger partial charge in [-0.25, -0.2) is 0 Å². The zero-order valence-corrected chi connectivity index (χ0v) is 11.4. The van der Waals surface area contributed by atoms with Crippen LogP contribution in [0.2, 0.25) is 0 Å². The van der Waals surface area contributed by atoms with Gasteiger partial charge in [-0.3, -0.25) is 4.79 Å². The van der Waals surface area contributed by atoms with Crippen molar-refractivity contribution in [2.45, 2.75) is 24.8 Å². The molecule has 2 unspecified atom stereocenters. The summed E-state index contributed by atoms with van der Waals surface area (Å²) in [5, 5.41) is 20.9. The van der Waals surface area contributed by atoms with Crippen LogP contribution in [0, 0.1) is 0 Å². The van der Waals surface area contributed by atoms with E-state index in [1.165, 1.54) is 11.8 Å². The van der Waals surface area contributed by atoms with Crippen molar-refractivity contribution in [2.24, 2.45) is 0 Å². The van der Waals surface area contributed by atoms with Gasteiger partial charge in [0.25, 0.3) is 5.91 Å². The van der Waals surface area contributed by atoms with Crippen LogP contribution >= 0.6 is 11.8 Å². The quantitative estimate of drug-likeness (QED) is 0.721. The molecule has 100 valence electrons. The first-order chi connectivity index (χ1) is 8.62. The summed E-state index contributed by atoms with van der Waals surface area (Å²) in [4.78, 5) is 11.9. The van der Waals surface area contributed by atoms with Crippen LogP contribution in [0.4, 0.5) is 0 Å². The standard InChI is InChI=1S/C13H19NO3S/c1-9(12(8-16)18-2)14-13(17)11-5-3-10(7-15)4-6-11/h3-6,9,12,15-16H,7-8H2,1-2H3,(H,14,17). The minimum Gasteiger partial charge on any atom is -0.395 e. The topological polar surface area (TPSA) is 69.6 Å². The van der Waals surface area contributed by atoms with Crippen molar-refractivity contribution in [3.63, 3.8) is 0 Å². The van der Waals surface area contributed by atoms with E-state index < -0.39 is 0 Å². The normalized spacial score (nSPS) is 14.0. The summed E-state index contributed by atoms with van der Waals surface area (Å²) in [6.45, 7) is 1.88. The predicted molar refractivity (Wildman–Crippen MR) is 73.7 cm³/mol. The molecule has 1 aromatic rings. The highest BCUT2D eigenvalue weighted by Gasteiger charge is 2.17. The van der Waals surface area contributed by atoms with Gasteiger partial charge in [0.2, 0.25) is 0 Å². The van der Waals surface area contributed by atoms with Gasteiger partial charge < -0.3 is 15.5 Å². The molecular weight excluding hydrogens is 250 g/mol. The Kier molecular flexibility index (Phi) is 6.18. The van der Waals surface area contributed by atoms with E-state index in [-0.39, 0.29) is 30.4 Å². The number of amides is 1. The van der Waals surface area contributed by atoms with E-state index in [4.69, 9.17) is 10.2 Å². The Labute approximate surface area is 111 Å². The number of aliphatic hydroxyl groups is 2. The number of thioether (sulfide) groups is 1. The minimum absolute atomic E-state index is 0.00864. The molecule has 0 aromatic heterocycles. The highest BCUT2D eigenvalue weighted by molar-refractivity contribution is 7.99. The Balaban J connectivity index is 2.64. The molecule has 0 aliphatic rings. The van der Waals surface area contributed by atoms with Gasteiger partial charge in [-0.1, -0.05) is 12.1 Å². The predicted octanol–water partition coefficient (Wildman–Crippen LogP) is 1.02. The lowest BCUT2D eigenvalue weighted by Gasteiger charge is -2.21. The first kappa shape index (κ1) is 15.0. The third kappa shape index (κ3) is 4.01. The molecule has 1 amide bonds. The highest BCUT2D eigenvalue weighted by atomic mass is 32.2. The van der Waals surface area contributed by atoms with Crippen LogP contribution in [0.3, 0.4) is 0 Å². The SMILES string of the molecule is CSC(CO)C(C)NC(=O)c1ccc(CO)cc1. The summed E-state index contributed by atoms with van der Waals surface area (Å²) in [5.74, 6) is -0.167. The first-order valence-corrected chi connectivity index (χ1v) is 7.05. The summed E-state index contributed by atoms with van der Waals surface area (Å²) >= 11 is 1.52. The third-order valence-corrected chi connectivity index (χ3v) is 3.96. The number of nitrogens with one attached hydrogen (secondary N) is 1. The lowest BCUT2D eigenvalue weighted by molar-refractivity contribution is 0.0936. The number of hydrogen-bond acceptors (Lipinski definition) is 4. The maximum atomic E-state index is 11.9. The van der Waals surface area contributed by atoms with Crippen molar-refractivity contribution in [2.75, 3.05) is 12.9 Å². The molecule has 4 nitrogen and oxygen atoms in total. The van der Waals surface area contributed by atoms with E-state index >= 15 is 0 Å². The Bertz CT molecular complexity index is 376. The minimum atomic E-state index is -0.167. The van der Waals surface area contributed by atoms with Gasteiger partial charge in [0.1, 0.15) is 0 Å². The van der Waals surface area contributed by atoms with Crippen molar-refractivity contribution in [1.29, 1.82) is 0 Å². The number of rotatable bonds is 6. The van der Waals surface area contributed by atoms with Gasteiger partial charge in [-0.05, 0) is 30.9 Å². The van der Waals surface area contributed by atoms with Gasteiger partial charge in [-0.2, -0.15) is 11.8 Å². The molecule has 18 heavy (non-hydrogen) atoms. The second-order valence-electron chi connectivity index (χ2n) is 4.07. The van der Waals surface area contributed by atoms with Crippen molar-refractivity contribution in [3.05, 3.63) is 35.4 Å².